The first-order valence-electron chi connectivity index (χ1n) is 7.52. The quantitative estimate of drug-likeness (QED) is 0.770. The second-order valence-corrected chi connectivity index (χ2v) is 6.94. The fourth-order valence-electron chi connectivity index (χ4n) is 2.79. The molecule has 0 saturated heterocycles. The van der Waals surface area contributed by atoms with Crippen LogP contribution in [0.1, 0.15) is 21.5 Å². The smallest absolute Gasteiger partial charge is 0.255 e. The summed E-state index contributed by atoms with van der Waals surface area (Å²) in [7, 11) is 3.74. The van der Waals surface area contributed by atoms with E-state index in [4.69, 9.17) is 4.74 Å². The summed E-state index contributed by atoms with van der Waals surface area (Å²) in [5.41, 5.74) is 4.14. The van der Waals surface area contributed by atoms with E-state index in [0.29, 0.717) is 5.56 Å². The van der Waals surface area contributed by atoms with Crippen molar-refractivity contribution < 1.29 is 9.53 Å². The van der Waals surface area contributed by atoms with Crippen molar-refractivity contribution in [1.29, 1.82) is 0 Å². The number of carbonyl (C=O) groups excluding carboxylic acids is 1. The van der Waals surface area contributed by atoms with Gasteiger partial charge >= 0.3 is 0 Å². The molecule has 0 unspecified atom stereocenters. The molecule has 2 aromatic rings. The topological polar surface area (TPSA) is 41.6 Å². The number of carbonyl (C=O) groups is 1. The van der Waals surface area contributed by atoms with Crippen molar-refractivity contribution in [3.63, 3.8) is 0 Å². The number of nitrogens with one attached hydrogen (secondary N) is 1. The van der Waals surface area contributed by atoms with E-state index in [-0.39, 0.29) is 5.91 Å². The monoisotopic (exact) mass is 422 g/mol. The second-order valence-electron chi connectivity index (χ2n) is 5.77. The van der Waals surface area contributed by atoms with E-state index in [1.54, 1.807) is 13.2 Å². The first-order chi connectivity index (χ1) is 11.1. The first-order valence-corrected chi connectivity index (χ1v) is 8.60. The lowest BCUT2D eigenvalue weighted by atomic mass is 9.99. The highest BCUT2D eigenvalue weighted by atomic mass is 127. The Kier molecular flexibility index (Phi) is 4.87. The Morgan fingerprint density at radius 1 is 1.22 bits per heavy atom. The minimum Gasteiger partial charge on any atom is -0.496 e. The molecule has 0 aliphatic carbocycles. The molecule has 0 radical (unpaired) electrons. The van der Waals surface area contributed by atoms with Crippen molar-refractivity contribution >= 4 is 34.2 Å². The molecule has 0 bridgehead atoms. The van der Waals surface area contributed by atoms with Gasteiger partial charge in [-0.05, 0) is 77.5 Å². The molecule has 120 valence electrons. The highest BCUT2D eigenvalue weighted by Crippen LogP contribution is 2.24. The van der Waals surface area contributed by atoms with Gasteiger partial charge in [0.2, 0.25) is 0 Å². The second kappa shape index (κ2) is 6.88. The molecule has 0 spiro atoms. The number of rotatable bonds is 3. The number of hydrogen-bond donors (Lipinski definition) is 1. The number of ether oxygens (including phenoxy) is 1. The van der Waals surface area contributed by atoms with E-state index in [9.17, 15) is 4.79 Å². The molecule has 4 nitrogen and oxygen atoms in total. The number of amides is 1. The molecule has 0 saturated carbocycles. The van der Waals surface area contributed by atoms with Crippen LogP contribution in [0.3, 0.4) is 0 Å². The van der Waals surface area contributed by atoms with Crippen LogP contribution in [0.5, 0.6) is 5.75 Å². The van der Waals surface area contributed by atoms with Gasteiger partial charge in [0.15, 0.2) is 0 Å². The van der Waals surface area contributed by atoms with Gasteiger partial charge < -0.3 is 15.0 Å². The summed E-state index contributed by atoms with van der Waals surface area (Å²) in [6.07, 6.45) is 1.07. The Morgan fingerprint density at radius 2 is 2.04 bits per heavy atom. The standard InChI is InChI=1S/C18H19IN2O2/c1-21-8-7-12-3-5-15(9-14(12)11-21)20-18(22)13-4-6-17(23-2)16(19)10-13/h3-6,9-10H,7-8,11H2,1-2H3,(H,20,22). The molecule has 1 aliphatic rings. The number of anilines is 1. The van der Waals surface area contributed by atoms with E-state index >= 15 is 0 Å². The van der Waals surface area contributed by atoms with Crippen LogP contribution in [0.2, 0.25) is 0 Å². The fourth-order valence-corrected chi connectivity index (χ4v) is 3.52. The minimum atomic E-state index is -0.102. The predicted molar refractivity (Wildman–Crippen MR) is 100 cm³/mol. The van der Waals surface area contributed by atoms with Crippen LogP contribution in [0.4, 0.5) is 5.69 Å². The number of methoxy groups -OCH3 is 1. The van der Waals surface area contributed by atoms with E-state index in [1.165, 1.54) is 11.1 Å². The summed E-state index contributed by atoms with van der Waals surface area (Å²) < 4.78 is 6.15. The van der Waals surface area contributed by atoms with Crippen LogP contribution in [0.25, 0.3) is 0 Å². The molecule has 23 heavy (non-hydrogen) atoms. The average Bonchev–Trinajstić information content (AvgIpc) is 2.54. The molecule has 5 heteroatoms. The van der Waals surface area contributed by atoms with Crippen LogP contribution in [-0.2, 0) is 13.0 Å². The minimum absolute atomic E-state index is 0.102. The van der Waals surface area contributed by atoms with Crippen molar-refractivity contribution in [2.75, 3.05) is 26.0 Å². The van der Waals surface area contributed by atoms with Crippen LogP contribution in [-0.4, -0.2) is 31.5 Å². The number of likely N-dealkylation sites (N-methyl/N-ethyl adjacent to an activating group) is 1. The number of nitrogens with zero attached hydrogens (tertiary/aromatic N) is 1. The maximum atomic E-state index is 12.4. The zero-order chi connectivity index (χ0) is 16.4. The van der Waals surface area contributed by atoms with E-state index in [1.807, 2.05) is 18.2 Å². The van der Waals surface area contributed by atoms with Gasteiger partial charge in [-0.2, -0.15) is 0 Å². The molecule has 2 aromatic carbocycles. The SMILES string of the molecule is COc1ccc(C(=O)Nc2ccc3c(c2)CN(C)CC3)cc1I. The third-order valence-corrected chi connectivity index (χ3v) is 4.92. The van der Waals surface area contributed by atoms with E-state index in [2.05, 4.69) is 52.0 Å². The van der Waals surface area contributed by atoms with Crippen molar-refractivity contribution in [2.45, 2.75) is 13.0 Å². The molecule has 3 rings (SSSR count). The summed E-state index contributed by atoms with van der Waals surface area (Å²) in [6, 6.07) is 11.6. The van der Waals surface area contributed by atoms with Crippen LogP contribution >= 0.6 is 22.6 Å². The van der Waals surface area contributed by atoms with E-state index in [0.717, 1.165) is 34.5 Å². The van der Waals surface area contributed by atoms with Crippen molar-refractivity contribution in [2.24, 2.45) is 0 Å². The highest BCUT2D eigenvalue weighted by molar-refractivity contribution is 14.1. The van der Waals surface area contributed by atoms with Crippen LogP contribution in [0, 0.1) is 3.57 Å². The summed E-state index contributed by atoms with van der Waals surface area (Å²) in [5.74, 6) is 0.675. The Balaban J connectivity index is 1.78. The predicted octanol–water partition coefficient (Wildman–Crippen LogP) is 3.54. The molecule has 0 aromatic heterocycles. The molecule has 1 N–H and O–H groups in total. The Hall–Kier alpha value is -1.60. The Bertz CT molecular complexity index is 746. The van der Waals surface area contributed by atoms with Crippen molar-refractivity contribution in [3.05, 3.63) is 56.7 Å². The molecule has 1 aliphatic heterocycles. The summed E-state index contributed by atoms with van der Waals surface area (Å²) >= 11 is 2.17. The molecule has 1 heterocycles. The largest absolute Gasteiger partial charge is 0.496 e. The summed E-state index contributed by atoms with van der Waals surface area (Å²) in [4.78, 5) is 14.7. The lowest BCUT2D eigenvalue weighted by molar-refractivity contribution is 0.102. The van der Waals surface area contributed by atoms with Gasteiger partial charge in [0.25, 0.3) is 5.91 Å². The van der Waals surface area contributed by atoms with Gasteiger partial charge in [-0.3, -0.25) is 4.79 Å². The average molecular weight is 422 g/mol. The Morgan fingerprint density at radius 3 is 2.78 bits per heavy atom. The van der Waals surface area contributed by atoms with Gasteiger partial charge in [0.1, 0.15) is 5.75 Å². The van der Waals surface area contributed by atoms with Crippen LogP contribution in [0.15, 0.2) is 36.4 Å². The Labute approximate surface area is 150 Å². The normalized spacial score (nSPS) is 14.2. The van der Waals surface area contributed by atoms with Gasteiger partial charge in [0.05, 0.1) is 10.7 Å². The van der Waals surface area contributed by atoms with Crippen molar-refractivity contribution in [3.8, 4) is 5.75 Å². The van der Waals surface area contributed by atoms with Gasteiger partial charge in [-0.15, -0.1) is 0 Å². The molecule has 0 atom stereocenters. The van der Waals surface area contributed by atoms with Crippen molar-refractivity contribution in [1.82, 2.24) is 4.90 Å². The first kappa shape index (κ1) is 16.3. The summed E-state index contributed by atoms with van der Waals surface area (Å²) in [5, 5.41) is 2.99. The zero-order valence-corrected chi connectivity index (χ0v) is 15.4. The number of fused-ring (bicyclic) bond motifs is 1. The maximum absolute atomic E-state index is 12.4. The number of benzene rings is 2. The molecule has 1 amide bonds. The lowest BCUT2D eigenvalue weighted by Crippen LogP contribution is -2.26. The summed E-state index contributed by atoms with van der Waals surface area (Å²) in [6.45, 7) is 2.02. The third kappa shape index (κ3) is 3.67. The third-order valence-electron chi connectivity index (χ3n) is 4.08. The van der Waals surface area contributed by atoms with Gasteiger partial charge in [0, 0.05) is 24.3 Å². The van der Waals surface area contributed by atoms with E-state index < -0.39 is 0 Å². The fraction of sp³-hybridized carbons (Fsp3) is 0.278. The molecular formula is C18H19IN2O2. The number of halogens is 1. The van der Waals surface area contributed by atoms with Crippen LogP contribution < -0.4 is 10.1 Å². The highest BCUT2D eigenvalue weighted by Gasteiger charge is 2.15. The van der Waals surface area contributed by atoms with Gasteiger partial charge in [-0.25, -0.2) is 0 Å². The molecule has 0 fully saturated rings. The maximum Gasteiger partial charge on any atom is 0.255 e. The lowest BCUT2D eigenvalue weighted by Gasteiger charge is -2.25. The molecular weight excluding hydrogens is 403 g/mol. The zero-order valence-electron chi connectivity index (χ0n) is 13.2. The van der Waals surface area contributed by atoms with Gasteiger partial charge in [-0.1, -0.05) is 6.07 Å². The number of hydrogen-bond acceptors (Lipinski definition) is 3.